The molecule has 0 heterocycles. The van der Waals surface area contributed by atoms with E-state index in [0.717, 1.165) is 122 Å². The summed E-state index contributed by atoms with van der Waals surface area (Å²) in [7, 11) is 0. The van der Waals surface area contributed by atoms with E-state index in [2.05, 4.69) is 142 Å². The van der Waals surface area contributed by atoms with Crippen LogP contribution in [0.2, 0.25) is 0 Å². The van der Waals surface area contributed by atoms with E-state index in [1.54, 1.807) is 0 Å². The molecule has 0 aliphatic carbocycles. The van der Waals surface area contributed by atoms with Crippen LogP contribution in [0.5, 0.6) is 0 Å². The highest BCUT2D eigenvalue weighted by Crippen LogP contribution is 2.16. The van der Waals surface area contributed by atoms with Crippen molar-refractivity contribution in [2.24, 2.45) is 0 Å². The molecule has 0 spiro atoms. The third kappa shape index (κ3) is 66.5. The minimum Gasteiger partial charge on any atom is -0.462 e. The molecule has 0 N–H and O–H groups in total. The van der Waals surface area contributed by atoms with Crippen molar-refractivity contribution in [2.45, 2.75) is 322 Å². The highest BCUT2D eigenvalue weighted by Gasteiger charge is 2.19. The molecule has 0 aromatic rings. The molecule has 0 aromatic carbocycles. The third-order valence-corrected chi connectivity index (χ3v) is 14.5. The third-order valence-electron chi connectivity index (χ3n) is 14.5. The molecule has 1 unspecified atom stereocenters. The summed E-state index contributed by atoms with van der Waals surface area (Å²) < 4.78 is 16.9. The molecule has 81 heavy (non-hydrogen) atoms. The molecule has 0 amide bonds. The van der Waals surface area contributed by atoms with Gasteiger partial charge >= 0.3 is 17.9 Å². The minimum absolute atomic E-state index is 0.0808. The predicted octanol–water partition coefficient (Wildman–Crippen LogP) is 23.6. The molecule has 0 bridgehead atoms. The SMILES string of the molecule is CC/C=C\C/C=C\C/C=C\C/C=C\C/C=C\C/C=C\C/C=C\C/C=C\CCCCCCCCCCC(=O)OCC(COC(=O)CCCCCCCCC)OC(=O)CCCCCCCCCCCCC/C=C\C/C=C\CCCCCCC. The Hall–Kier alpha value is -4.19. The van der Waals surface area contributed by atoms with Gasteiger partial charge in [-0.25, -0.2) is 0 Å². The second-order valence-corrected chi connectivity index (χ2v) is 22.4. The first-order valence-corrected chi connectivity index (χ1v) is 34.0. The summed E-state index contributed by atoms with van der Waals surface area (Å²) in [5.74, 6) is -0.891. The monoisotopic (exact) mass is 1120 g/mol. The summed E-state index contributed by atoms with van der Waals surface area (Å²) >= 11 is 0. The van der Waals surface area contributed by atoms with Crippen LogP contribution in [0.1, 0.15) is 316 Å². The van der Waals surface area contributed by atoms with Crippen molar-refractivity contribution in [3.8, 4) is 0 Å². The zero-order valence-corrected chi connectivity index (χ0v) is 53.0. The number of rotatable bonds is 61. The van der Waals surface area contributed by atoms with Gasteiger partial charge in [-0.1, -0.05) is 303 Å². The van der Waals surface area contributed by atoms with E-state index in [4.69, 9.17) is 14.2 Å². The smallest absolute Gasteiger partial charge is 0.306 e. The number of carbonyl (C=O) groups is 3. The fourth-order valence-electron chi connectivity index (χ4n) is 9.37. The maximum absolute atomic E-state index is 12.9. The van der Waals surface area contributed by atoms with Crippen LogP contribution in [0.3, 0.4) is 0 Å². The Bertz CT molecular complexity index is 1670. The van der Waals surface area contributed by atoms with Gasteiger partial charge in [-0.3, -0.25) is 14.4 Å². The number of allylic oxidation sites excluding steroid dienone is 20. The summed E-state index contributed by atoms with van der Waals surface area (Å²) in [4.78, 5) is 38.1. The van der Waals surface area contributed by atoms with Crippen LogP contribution in [0.15, 0.2) is 122 Å². The Labute approximate surface area is 501 Å². The van der Waals surface area contributed by atoms with Crippen LogP contribution in [-0.4, -0.2) is 37.2 Å². The van der Waals surface area contributed by atoms with E-state index in [-0.39, 0.29) is 31.1 Å². The van der Waals surface area contributed by atoms with Crippen molar-refractivity contribution in [2.75, 3.05) is 13.2 Å². The van der Waals surface area contributed by atoms with E-state index in [1.807, 2.05) is 0 Å². The molecular formula is C75H126O6. The molecule has 0 rings (SSSR count). The van der Waals surface area contributed by atoms with Crippen molar-refractivity contribution < 1.29 is 28.6 Å². The van der Waals surface area contributed by atoms with Crippen LogP contribution in [0, 0.1) is 0 Å². The first-order valence-electron chi connectivity index (χ1n) is 34.0. The molecular weight excluding hydrogens is 997 g/mol. The average molecular weight is 1120 g/mol. The number of unbranched alkanes of at least 4 members (excludes halogenated alkanes) is 30. The number of hydrogen-bond donors (Lipinski definition) is 0. The highest BCUT2D eigenvalue weighted by molar-refractivity contribution is 5.71. The Morgan fingerprint density at radius 2 is 0.481 bits per heavy atom. The Morgan fingerprint density at radius 3 is 0.753 bits per heavy atom. The van der Waals surface area contributed by atoms with Gasteiger partial charge in [0, 0.05) is 19.3 Å². The van der Waals surface area contributed by atoms with Gasteiger partial charge < -0.3 is 14.2 Å². The van der Waals surface area contributed by atoms with Crippen molar-refractivity contribution >= 4 is 17.9 Å². The number of esters is 3. The number of carbonyl (C=O) groups excluding carboxylic acids is 3. The highest BCUT2D eigenvalue weighted by atomic mass is 16.6. The first kappa shape index (κ1) is 76.8. The Morgan fingerprint density at radius 1 is 0.259 bits per heavy atom. The van der Waals surface area contributed by atoms with Crippen molar-refractivity contribution in [3.05, 3.63) is 122 Å². The van der Waals surface area contributed by atoms with Crippen LogP contribution >= 0.6 is 0 Å². The van der Waals surface area contributed by atoms with E-state index in [9.17, 15) is 14.4 Å². The lowest BCUT2D eigenvalue weighted by atomic mass is 10.0. The minimum atomic E-state index is -0.783. The molecule has 0 radical (unpaired) electrons. The summed E-state index contributed by atoms with van der Waals surface area (Å²) in [6, 6.07) is 0. The van der Waals surface area contributed by atoms with Crippen LogP contribution in [0.25, 0.3) is 0 Å². The fraction of sp³-hybridized carbons (Fsp3) is 0.693. The van der Waals surface area contributed by atoms with Crippen LogP contribution < -0.4 is 0 Å². The lowest BCUT2D eigenvalue weighted by molar-refractivity contribution is -0.167. The number of hydrogen-bond acceptors (Lipinski definition) is 6. The van der Waals surface area contributed by atoms with Crippen LogP contribution in [-0.2, 0) is 28.6 Å². The average Bonchev–Trinajstić information content (AvgIpc) is 3.47. The topological polar surface area (TPSA) is 78.9 Å². The van der Waals surface area contributed by atoms with E-state index < -0.39 is 6.10 Å². The van der Waals surface area contributed by atoms with E-state index >= 15 is 0 Å². The molecule has 0 aliphatic rings. The van der Waals surface area contributed by atoms with Gasteiger partial charge in [0.15, 0.2) is 6.10 Å². The van der Waals surface area contributed by atoms with E-state index in [1.165, 1.54) is 154 Å². The molecule has 0 saturated heterocycles. The normalized spacial score (nSPS) is 12.9. The molecule has 6 heteroatoms. The fourth-order valence-corrected chi connectivity index (χ4v) is 9.37. The van der Waals surface area contributed by atoms with Gasteiger partial charge in [0.25, 0.3) is 0 Å². The molecule has 0 fully saturated rings. The van der Waals surface area contributed by atoms with Crippen molar-refractivity contribution in [3.63, 3.8) is 0 Å². The second-order valence-electron chi connectivity index (χ2n) is 22.4. The lowest BCUT2D eigenvalue weighted by Crippen LogP contribution is -2.30. The van der Waals surface area contributed by atoms with Crippen LogP contribution in [0.4, 0.5) is 0 Å². The Kier molecular flexibility index (Phi) is 64.8. The molecule has 0 saturated carbocycles. The Balaban J connectivity index is 4.14. The maximum Gasteiger partial charge on any atom is 0.306 e. The van der Waals surface area contributed by atoms with Gasteiger partial charge in [-0.05, 0) is 116 Å². The standard InChI is InChI=1S/C75H126O6/c1-4-7-10-13-16-18-20-22-24-26-28-30-32-33-34-35-36-37-38-39-40-41-43-44-46-48-50-52-54-56-59-62-65-68-74(77)80-71-72(70-79-73(76)67-64-61-58-15-12-9-6-3)81-75(78)69-66-63-60-57-55-53-51-49-47-45-42-31-29-27-25-23-21-19-17-14-11-8-5-2/h7,10,16,18,21-24,27-30,33-34,36-37,39-40,43-44,72H,4-6,8-9,11-15,17,19-20,25-26,31-32,35,38,41-42,45-71H2,1-3H3/b10-7-,18-16-,23-21-,24-22-,29-27-,30-28-,34-33-,37-36-,40-39-,44-43-. The summed E-state index contributed by atoms with van der Waals surface area (Å²) in [5.41, 5.74) is 0. The van der Waals surface area contributed by atoms with Gasteiger partial charge in [0.1, 0.15) is 13.2 Å². The number of ether oxygens (including phenoxy) is 3. The van der Waals surface area contributed by atoms with Crippen molar-refractivity contribution in [1.82, 2.24) is 0 Å². The molecule has 1 atom stereocenters. The largest absolute Gasteiger partial charge is 0.462 e. The maximum atomic E-state index is 12.9. The zero-order valence-electron chi connectivity index (χ0n) is 53.0. The van der Waals surface area contributed by atoms with Gasteiger partial charge in [0.2, 0.25) is 0 Å². The predicted molar refractivity (Wildman–Crippen MR) is 353 cm³/mol. The molecule has 0 aromatic heterocycles. The molecule has 0 aliphatic heterocycles. The lowest BCUT2D eigenvalue weighted by Gasteiger charge is -2.18. The zero-order chi connectivity index (χ0) is 58.5. The summed E-state index contributed by atoms with van der Waals surface area (Å²) in [6.07, 6.45) is 95.2. The van der Waals surface area contributed by atoms with Gasteiger partial charge in [-0.2, -0.15) is 0 Å². The quantitative estimate of drug-likeness (QED) is 0.0261. The van der Waals surface area contributed by atoms with Gasteiger partial charge in [-0.15, -0.1) is 0 Å². The second kappa shape index (κ2) is 68.3. The summed E-state index contributed by atoms with van der Waals surface area (Å²) in [5, 5.41) is 0. The van der Waals surface area contributed by atoms with E-state index in [0.29, 0.717) is 19.3 Å². The molecule has 462 valence electrons. The summed E-state index contributed by atoms with van der Waals surface area (Å²) in [6.45, 7) is 6.48. The molecule has 6 nitrogen and oxygen atoms in total. The van der Waals surface area contributed by atoms with Crippen molar-refractivity contribution in [1.29, 1.82) is 0 Å². The van der Waals surface area contributed by atoms with Gasteiger partial charge in [0.05, 0.1) is 0 Å². The first-order chi connectivity index (χ1) is 40.0.